The van der Waals surface area contributed by atoms with Crippen LogP contribution in [0.3, 0.4) is 0 Å². The maximum absolute atomic E-state index is 10.2. The van der Waals surface area contributed by atoms with E-state index in [4.69, 9.17) is 27.5 Å². The molecule has 0 unspecified atom stereocenters. The Morgan fingerprint density at radius 1 is 1.42 bits per heavy atom. The van der Waals surface area contributed by atoms with Crippen molar-refractivity contribution >= 4 is 6.29 Å². The fraction of sp³-hybridized carbons (Fsp3) is 0.833. The van der Waals surface area contributed by atoms with E-state index in [2.05, 4.69) is 0 Å². The van der Waals surface area contributed by atoms with Gasteiger partial charge in [-0.1, -0.05) is 0 Å². The first-order chi connectivity index (χ1) is 5.86. The van der Waals surface area contributed by atoms with E-state index >= 15 is 0 Å². The second-order valence-corrected chi connectivity index (χ2v) is 2.30. The molecule has 0 amide bonds. The molecule has 0 aromatic heterocycles. The van der Waals surface area contributed by atoms with E-state index in [0.717, 1.165) is 0 Å². The Morgan fingerprint density at radius 2 is 1.92 bits per heavy atom. The number of nitrogens with two attached hydrogens (primary N) is 1. The Balaban J connectivity index is 4.40. The zero-order valence-corrected chi connectivity index (χ0v) is 6.29. The Kier molecular flexibility index (Phi) is 4.12. The standard InChI is InChI=1S/C6H13NO5/c7-3(1-8)5(11)6(12)4(10)2-9/h1,3-6,9-12H,2,7H2/t3-,4+,5+,6+/m0/s1/i3T. The van der Waals surface area contributed by atoms with Gasteiger partial charge in [-0.15, -0.1) is 0 Å². The summed E-state index contributed by atoms with van der Waals surface area (Å²) in [5.74, 6) is 0. The van der Waals surface area contributed by atoms with Gasteiger partial charge < -0.3 is 31.0 Å². The van der Waals surface area contributed by atoms with Gasteiger partial charge in [0.05, 0.1) is 14.0 Å². The highest BCUT2D eigenvalue weighted by Gasteiger charge is 2.28. The van der Waals surface area contributed by atoms with Crippen molar-refractivity contribution in [3.63, 3.8) is 0 Å². The molecule has 0 aromatic carbocycles. The fourth-order valence-corrected chi connectivity index (χ4v) is 0.585. The molecule has 6 N–H and O–H groups in total. The van der Waals surface area contributed by atoms with Crippen LogP contribution in [0.25, 0.3) is 0 Å². The average molecular weight is 181 g/mol. The lowest BCUT2D eigenvalue weighted by Crippen LogP contribution is -2.49. The Labute approximate surface area is 70.6 Å². The Morgan fingerprint density at radius 3 is 2.25 bits per heavy atom. The third kappa shape index (κ3) is 2.84. The van der Waals surface area contributed by atoms with Crippen molar-refractivity contribution in [2.75, 3.05) is 6.61 Å². The van der Waals surface area contributed by atoms with Crippen molar-refractivity contribution in [2.24, 2.45) is 5.73 Å². The van der Waals surface area contributed by atoms with E-state index in [-0.39, 0.29) is 6.29 Å². The summed E-state index contributed by atoms with van der Waals surface area (Å²) < 4.78 is 6.99. The number of aliphatic hydroxyl groups excluding tert-OH is 4. The topological polar surface area (TPSA) is 124 Å². The van der Waals surface area contributed by atoms with Crippen LogP contribution < -0.4 is 5.73 Å². The lowest BCUT2D eigenvalue weighted by molar-refractivity contribution is -0.118. The van der Waals surface area contributed by atoms with Gasteiger partial charge in [0.15, 0.2) is 0 Å². The molecule has 6 heteroatoms. The van der Waals surface area contributed by atoms with Crippen LogP contribution in [0.5, 0.6) is 0 Å². The fourth-order valence-electron chi connectivity index (χ4n) is 0.585. The molecule has 0 aliphatic carbocycles. The highest BCUT2D eigenvalue weighted by molar-refractivity contribution is 5.58. The number of aldehydes is 1. The summed E-state index contributed by atoms with van der Waals surface area (Å²) in [5, 5.41) is 35.3. The molecule has 0 bridgehead atoms. The van der Waals surface area contributed by atoms with Crippen molar-refractivity contribution in [3.8, 4) is 0 Å². The molecule has 0 aliphatic heterocycles. The maximum atomic E-state index is 10.2. The number of hydrogen-bond acceptors (Lipinski definition) is 6. The minimum atomic E-state index is -2.39. The van der Waals surface area contributed by atoms with Crippen LogP contribution in [0, 0.1) is 0 Å². The highest BCUT2D eigenvalue weighted by Crippen LogP contribution is 2.01. The lowest BCUT2D eigenvalue weighted by atomic mass is 10.0. The lowest BCUT2D eigenvalue weighted by Gasteiger charge is -2.23. The molecule has 0 aromatic rings. The summed E-state index contributed by atoms with van der Waals surface area (Å²) in [5.41, 5.74) is 4.95. The van der Waals surface area contributed by atoms with E-state index < -0.39 is 30.9 Å². The first-order valence-corrected chi connectivity index (χ1v) is 3.27. The molecule has 6 nitrogen and oxygen atoms in total. The van der Waals surface area contributed by atoms with Crippen LogP contribution in [0.4, 0.5) is 0 Å². The van der Waals surface area contributed by atoms with E-state index in [1.807, 2.05) is 0 Å². The van der Waals surface area contributed by atoms with Gasteiger partial charge in [0.25, 0.3) is 0 Å². The molecule has 0 heterocycles. The highest BCUT2D eigenvalue weighted by atomic mass is 16.4. The van der Waals surface area contributed by atoms with Gasteiger partial charge in [-0.25, -0.2) is 0 Å². The maximum Gasteiger partial charge on any atom is 0.139 e. The Hall–Kier alpha value is -0.530. The summed E-state index contributed by atoms with van der Waals surface area (Å²) in [6.45, 7) is -0.798. The Bertz CT molecular complexity index is 176. The molecule has 0 fully saturated rings. The minimum absolute atomic E-state index is 0.0645. The van der Waals surface area contributed by atoms with Gasteiger partial charge >= 0.3 is 0 Å². The first-order valence-electron chi connectivity index (χ1n) is 3.77. The predicted octanol–water partition coefficient (Wildman–Crippen LogP) is -3.41. The minimum Gasteiger partial charge on any atom is -0.394 e. The van der Waals surface area contributed by atoms with Gasteiger partial charge in [0.1, 0.15) is 24.6 Å². The number of aliphatic hydroxyl groups is 4. The summed E-state index contributed by atoms with van der Waals surface area (Å²) >= 11 is 0. The van der Waals surface area contributed by atoms with E-state index in [1.165, 1.54) is 0 Å². The molecule has 0 rings (SSSR count). The van der Waals surface area contributed by atoms with Crippen LogP contribution in [-0.2, 0) is 4.79 Å². The van der Waals surface area contributed by atoms with Gasteiger partial charge in [-0.3, -0.25) is 0 Å². The van der Waals surface area contributed by atoms with Crippen LogP contribution in [0.1, 0.15) is 1.37 Å². The molecule has 0 aliphatic rings. The summed E-state index contributed by atoms with van der Waals surface area (Å²) in [6.07, 6.45) is -5.49. The first kappa shape index (κ1) is 9.56. The van der Waals surface area contributed by atoms with Crippen molar-refractivity contribution in [1.29, 1.82) is 0 Å². The monoisotopic (exact) mass is 181 g/mol. The third-order valence-electron chi connectivity index (χ3n) is 1.38. The quantitative estimate of drug-likeness (QED) is 0.281. The molecule has 12 heavy (non-hydrogen) atoms. The van der Waals surface area contributed by atoms with Crippen molar-refractivity contribution < 1.29 is 26.6 Å². The summed E-state index contributed by atoms with van der Waals surface area (Å²) in [6, 6.07) is -2.39. The second kappa shape index (κ2) is 5.18. The molecule has 0 spiro atoms. The van der Waals surface area contributed by atoms with E-state index in [0.29, 0.717) is 0 Å². The zero-order valence-electron chi connectivity index (χ0n) is 7.29. The molecular formula is C6H13NO5. The molecular weight excluding hydrogens is 166 g/mol. The largest absolute Gasteiger partial charge is 0.394 e. The van der Waals surface area contributed by atoms with Crippen molar-refractivity contribution in [1.82, 2.24) is 0 Å². The van der Waals surface area contributed by atoms with Gasteiger partial charge in [-0.2, -0.15) is 0 Å². The van der Waals surface area contributed by atoms with Crippen LogP contribution in [0.2, 0.25) is 0 Å². The van der Waals surface area contributed by atoms with Gasteiger partial charge in [-0.05, 0) is 0 Å². The number of hydrogen-bond donors (Lipinski definition) is 5. The molecule has 72 valence electrons. The van der Waals surface area contributed by atoms with E-state index in [9.17, 15) is 4.79 Å². The number of carbonyl (C=O) groups excluding carboxylic acids is 1. The summed E-state index contributed by atoms with van der Waals surface area (Å²) in [4.78, 5) is 10.2. The predicted molar refractivity (Wildman–Crippen MR) is 39.1 cm³/mol. The molecule has 0 saturated carbocycles. The number of carbonyl (C=O) groups is 1. The number of rotatable bonds is 5. The second-order valence-electron chi connectivity index (χ2n) is 2.30. The smallest absolute Gasteiger partial charge is 0.139 e. The van der Waals surface area contributed by atoms with Crippen molar-refractivity contribution in [2.45, 2.75) is 24.3 Å². The molecule has 4 atom stereocenters. The van der Waals surface area contributed by atoms with Crippen molar-refractivity contribution in [3.05, 3.63) is 0 Å². The van der Waals surface area contributed by atoms with E-state index in [1.54, 1.807) is 0 Å². The molecule has 0 radical (unpaired) electrons. The van der Waals surface area contributed by atoms with Crippen LogP contribution in [0.15, 0.2) is 0 Å². The molecule has 0 saturated heterocycles. The summed E-state index contributed by atoms with van der Waals surface area (Å²) in [7, 11) is 0. The average Bonchev–Trinajstić information content (AvgIpc) is 2.14. The van der Waals surface area contributed by atoms with Gasteiger partial charge in [0.2, 0.25) is 0 Å². The SMILES string of the molecule is [3H][C@](N)(C=O)[C@@H](O)[C@H](O)[C@H](O)CO. The van der Waals surface area contributed by atoms with Gasteiger partial charge in [0, 0.05) is 0 Å². The van der Waals surface area contributed by atoms with Crippen LogP contribution >= 0.6 is 0 Å². The normalized spacial score (nSPS) is 24.9. The van der Waals surface area contributed by atoms with Crippen LogP contribution in [-0.4, -0.2) is 57.6 Å². The zero-order chi connectivity index (χ0) is 10.6. The third-order valence-corrected chi connectivity index (χ3v) is 1.38.